The van der Waals surface area contributed by atoms with Crippen LogP contribution in [0.15, 0.2) is 24.3 Å². The first kappa shape index (κ1) is 9.75. The van der Waals surface area contributed by atoms with Crippen molar-refractivity contribution in [1.29, 1.82) is 0 Å². The molecule has 13 heavy (non-hydrogen) atoms. The van der Waals surface area contributed by atoms with Gasteiger partial charge in [0.15, 0.2) is 0 Å². The zero-order valence-electron chi connectivity index (χ0n) is 6.70. The standard InChI is InChI=1S/C9H7FO2S/c1-2-8-3-5-9(6-4-8)7-13(10,11)12/h1,3-6H,7H2. The van der Waals surface area contributed by atoms with Crippen molar-refractivity contribution < 1.29 is 12.3 Å². The van der Waals surface area contributed by atoms with E-state index in [4.69, 9.17) is 6.42 Å². The zero-order valence-corrected chi connectivity index (χ0v) is 7.51. The van der Waals surface area contributed by atoms with Crippen LogP contribution in [-0.2, 0) is 16.0 Å². The highest BCUT2D eigenvalue weighted by Gasteiger charge is 2.07. The molecule has 0 aliphatic heterocycles. The second kappa shape index (κ2) is 3.58. The maximum atomic E-state index is 12.2. The van der Waals surface area contributed by atoms with Crippen molar-refractivity contribution in [3.05, 3.63) is 35.4 Å². The average Bonchev–Trinajstić information content (AvgIpc) is 2.03. The van der Waals surface area contributed by atoms with Crippen molar-refractivity contribution in [2.75, 3.05) is 0 Å². The molecule has 1 rings (SSSR count). The second-order valence-electron chi connectivity index (χ2n) is 2.52. The third kappa shape index (κ3) is 3.26. The third-order valence-corrected chi connectivity index (χ3v) is 2.14. The number of hydrogen-bond donors (Lipinski definition) is 0. The van der Waals surface area contributed by atoms with Gasteiger partial charge in [-0.25, -0.2) is 0 Å². The first-order valence-corrected chi connectivity index (χ1v) is 5.04. The lowest BCUT2D eigenvalue weighted by molar-refractivity contribution is 0.551. The van der Waals surface area contributed by atoms with Gasteiger partial charge >= 0.3 is 10.2 Å². The summed E-state index contributed by atoms with van der Waals surface area (Å²) in [5.74, 6) is 1.77. The number of benzene rings is 1. The van der Waals surface area contributed by atoms with Gasteiger partial charge in [-0.05, 0) is 17.7 Å². The van der Waals surface area contributed by atoms with E-state index < -0.39 is 16.0 Å². The number of halogens is 1. The smallest absolute Gasteiger partial charge is 0.194 e. The molecule has 1 aromatic rings. The minimum atomic E-state index is -4.45. The topological polar surface area (TPSA) is 34.1 Å². The summed E-state index contributed by atoms with van der Waals surface area (Å²) in [6.45, 7) is 0. The molecule has 4 heteroatoms. The van der Waals surface area contributed by atoms with E-state index in [-0.39, 0.29) is 0 Å². The number of hydrogen-bond acceptors (Lipinski definition) is 2. The quantitative estimate of drug-likeness (QED) is 0.532. The molecule has 1 aromatic carbocycles. The van der Waals surface area contributed by atoms with Crippen LogP contribution < -0.4 is 0 Å². The fraction of sp³-hybridized carbons (Fsp3) is 0.111. The van der Waals surface area contributed by atoms with Crippen molar-refractivity contribution in [2.24, 2.45) is 0 Å². The Balaban J connectivity index is 2.89. The van der Waals surface area contributed by atoms with Gasteiger partial charge < -0.3 is 0 Å². The lowest BCUT2D eigenvalue weighted by Crippen LogP contribution is -1.95. The summed E-state index contributed by atoms with van der Waals surface area (Å²) in [6.07, 6.45) is 5.08. The minimum absolute atomic E-state index is 0.390. The highest BCUT2D eigenvalue weighted by molar-refractivity contribution is 7.85. The molecule has 68 valence electrons. The van der Waals surface area contributed by atoms with E-state index >= 15 is 0 Å². The molecular weight excluding hydrogens is 191 g/mol. The van der Waals surface area contributed by atoms with Crippen molar-refractivity contribution in [3.63, 3.8) is 0 Å². The lowest BCUT2D eigenvalue weighted by atomic mass is 10.2. The molecule has 0 aliphatic rings. The summed E-state index contributed by atoms with van der Waals surface area (Å²) < 4.78 is 32.7. The molecule has 0 unspecified atom stereocenters. The van der Waals surface area contributed by atoms with Crippen LogP contribution in [0.25, 0.3) is 0 Å². The Hall–Kier alpha value is -1.34. The zero-order chi connectivity index (χ0) is 9.90. The van der Waals surface area contributed by atoms with Gasteiger partial charge in [-0.2, -0.15) is 8.42 Å². The highest BCUT2D eigenvalue weighted by atomic mass is 32.3. The molecule has 0 radical (unpaired) electrons. The first-order chi connectivity index (χ1) is 6.01. The van der Waals surface area contributed by atoms with E-state index in [1.807, 2.05) is 0 Å². The van der Waals surface area contributed by atoms with Crippen LogP contribution in [0.3, 0.4) is 0 Å². The van der Waals surface area contributed by atoms with Crippen LogP contribution in [0, 0.1) is 12.3 Å². The maximum absolute atomic E-state index is 12.2. The first-order valence-electron chi connectivity index (χ1n) is 3.49. The van der Waals surface area contributed by atoms with Crippen LogP contribution in [0.5, 0.6) is 0 Å². The largest absolute Gasteiger partial charge is 0.306 e. The lowest BCUT2D eigenvalue weighted by Gasteiger charge is -1.96. The number of terminal acetylenes is 1. The Morgan fingerprint density at radius 1 is 1.31 bits per heavy atom. The summed E-state index contributed by atoms with van der Waals surface area (Å²) in [7, 11) is -4.45. The van der Waals surface area contributed by atoms with Gasteiger partial charge in [0.05, 0.1) is 0 Å². The minimum Gasteiger partial charge on any atom is -0.194 e. The highest BCUT2D eigenvalue weighted by Crippen LogP contribution is 2.08. The van der Waals surface area contributed by atoms with Gasteiger partial charge in [0.2, 0.25) is 0 Å². The van der Waals surface area contributed by atoms with Gasteiger partial charge in [-0.15, -0.1) is 10.3 Å². The molecule has 2 nitrogen and oxygen atoms in total. The Bertz CT molecular complexity index is 426. The fourth-order valence-electron chi connectivity index (χ4n) is 0.896. The summed E-state index contributed by atoms with van der Waals surface area (Å²) in [6, 6.07) is 6.12. The predicted octanol–water partition coefficient (Wildman–Crippen LogP) is 1.47. The SMILES string of the molecule is C#Cc1ccc(CS(=O)(=O)F)cc1. The molecule has 0 amide bonds. The fourth-order valence-corrected chi connectivity index (χ4v) is 1.49. The Labute approximate surface area is 76.6 Å². The number of rotatable bonds is 2. The van der Waals surface area contributed by atoms with Gasteiger partial charge in [0.1, 0.15) is 5.75 Å². The molecule has 0 bridgehead atoms. The summed E-state index contributed by atoms with van der Waals surface area (Å²) >= 11 is 0. The molecule has 0 heterocycles. The Morgan fingerprint density at radius 3 is 2.23 bits per heavy atom. The van der Waals surface area contributed by atoms with E-state index in [2.05, 4.69) is 5.92 Å². The van der Waals surface area contributed by atoms with Gasteiger partial charge in [-0.3, -0.25) is 0 Å². The van der Waals surface area contributed by atoms with Gasteiger partial charge in [0.25, 0.3) is 0 Å². The molecule has 0 spiro atoms. The van der Waals surface area contributed by atoms with E-state index in [1.54, 1.807) is 12.1 Å². The third-order valence-electron chi connectivity index (χ3n) is 1.46. The van der Waals surface area contributed by atoms with E-state index in [0.717, 1.165) is 0 Å². The summed E-state index contributed by atoms with van der Waals surface area (Å²) in [5.41, 5.74) is 1.03. The van der Waals surface area contributed by atoms with E-state index in [9.17, 15) is 12.3 Å². The van der Waals surface area contributed by atoms with E-state index in [0.29, 0.717) is 11.1 Å². The monoisotopic (exact) mass is 198 g/mol. The molecule has 0 atom stereocenters. The molecule has 0 fully saturated rings. The molecule has 0 aromatic heterocycles. The molecule has 0 saturated carbocycles. The van der Waals surface area contributed by atoms with E-state index in [1.165, 1.54) is 12.1 Å². The normalized spacial score (nSPS) is 10.8. The van der Waals surface area contributed by atoms with Crippen LogP contribution in [0.1, 0.15) is 11.1 Å². The molecule has 0 saturated heterocycles. The van der Waals surface area contributed by atoms with Crippen LogP contribution in [0.4, 0.5) is 3.89 Å². The van der Waals surface area contributed by atoms with Crippen molar-refractivity contribution in [2.45, 2.75) is 5.75 Å². The molecule has 0 aliphatic carbocycles. The molecule has 0 N–H and O–H groups in total. The van der Waals surface area contributed by atoms with Crippen molar-refractivity contribution in [3.8, 4) is 12.3 Å². The molecular formula is C9H7FO2S. The second-order valence-corrected chi connectivity index (χ2v) is 3.89. The van der Waals surface area contributed by atoms with Crippen LogP contribution in [0.2, 0.25) is 0 Å². The van der Waals surface area contributed by atoms with Crippen LogP contribution >= 0.6 is 0 Å². The predicted molar refractivity (Wildman–Crippen MR) is 48.1 cm³/mol. The maximum Gasteiger partial charge on any atom is 0.306 e. The Kier molecular flexibility index (Phi) is 2.69. The van der Waals surface area contributed by atoms with Crippen molar-refractivity contribution in [1.82, 2.24) is 0 Å². The summed E-state index contributed by atoms with van der Waals surface area (Å²) in [4.78, 5) is 0. The average molecular weight is 198 g/mol. The summed E-state index contributed by atoms with van der Waals surface area (Å²) in [5, 5.41) is 0. The van der Waals surface area contributed by atoms with Gasteiger partial charge in [-0.1, -0.05) is 18.1 Å². The van der Waals surface area contributed by atoms with Crippen LogP contribution in [-0.4, -0.2) is 8.42 Å². The Morgan fingerprint density at radius 2 is 1.85 bits per heavy atom. The van der Waals surface area contributed by atoms with Crippen molar-refractivity contribution >= 4 is 10.2 Å². The van der Waals surface area contributed by atoms with Gasteiger partial charge in [0, 0.05) is 5.56 Å².